The summed E-state index contributed by atoms with van der Waals surface area (Å²) in [7, 11) is -3.62. The SMILES string of the molecule is O=S(=O)(c1ccccc1Br)N(CCc1cccs1)Cc1cccnc1. The second-order valence-electron chi connectivity index (χ2n) is 5.46. The summed E-state index contributed by atoms with van der Waals surface area (Å²) in [4.78, 5) is 5.54. The Kier molecular flexibility index (Phi) is 6.01. The third-order valence-corrected chi connectivity index (χ3v) is 7.52. The molecule has 7 heteroatoms. The molecule has 3 rings (SSSR count). The average molecular weight is 437 g/mol. The molecule has 1 aromatic carbocycles. The van der Waals surface area contributed by atoms with Gasteiger partial charge in [-0.1, -0.05) is 24.3 Å². The van der Waals surface area contributed by atoms with Gasteiger partial charge in [0.05, 0.1) is 4.90 Å². The minimum absolute atomic E-state index is 0.282. The van der Waals surface area contributed by atoms with Crippen LogP contribution in [0.15, 0.2) is 75.7 Å². The zero-order valence-corrected chi connectivity index (χ0v) is 16.6. The van der Waals surface area contributed by atoms with Crippen molar-refractivity contribution < 1.29 is 8.42 Å². The first-order valence-corrected chi connectivity index (χ1v) is 10.8. The molecule has 0 atom stereocenters. The number of rotatable bonds is 7. The molecule has 0 fully saturated rings. The van der Waals surface area contributed by atoms with Gasteiger partial charge in [-0.25, -0.2) is 8.42 Å². The van der Waals surface area contributed by atoms with Gasteiger partial charge in [0.1, 0.15) is 0 Å². The second-order valence-corrected chi connectivity index (χ2v) is 9.25. The van der Waals surface area contributed by atoms with E-state index in [2.05, 4.69) is 20.9 Å². The van der Waals surface area contributed by atoms with Crippen molar-refractivity contribution in [1.82, 2.24) is 9.29 Å². The molecule has 0 N–H and O–H groups in total. The van der Waals surface area contributed by atoms with E-state index in [4.69, 9.17) is 0 Å². The van der Waals surface area contributed by atoms with E-state index < -0.39 is 10.0 Å². The summed E-state index contributed by atoms with van der Waals surface area (Å²) < 4.78 is 28.5. The molecule has 4 nitrogen and oxygen atoms in total. The van der Waals surface area contributed by atoms with Gasteiger partial charge in [-0.05, 0) is 57.6 Å². The van der Waals surface area contributed by atoms with Crippen LogP contribution in [0.1, 0.15) is 10.4 Å². The maximum Gasteiger partial charge on any atom is 0.244 e. The number of aromatic nitrogens is 1. The lowest BCUT2D eigenvalue weighted by Crippen LogP contribution is -2.32. The van der Waals surface area contributed by atoms with E-state index in [1.165, 1.54) is 9.18 Å². The number of pyridine rings is 1. The van der Waals surface area contributed by atoms with Crippen molar-refractivity contribution in [1.29, 1.82) is 0 Å². The Hall–Kier alpha value is -1.54. The zero-order chi connectivity index (χ0) is 17.7. The van der Waals surface area contributed by atoms with Crippen molar-refractivity contribution in [2.24, 2.45) is 0 Å². The maximum atomic E-state index is 13.2. The first-order valence-electron chi connectivity index (χ1n) is 7.73. The normalized spacial score (nSPS) is 11.8. The highest BCUT2D eigenvalue weighted by Crippen LogP contribution is 2.26. The molecule has 3 aromatic rings. The van der Waals surface area contributed by atoms with Crippen molar-refractivity contribution in [3.05, 3.63) is 81.2 Å². The van der Waals surface area contributed by atoms with Gasteiger partial charge in [0.25, 0.3) is 0 Å². The van der Waals surface area contributed by atoms with Gasteiger partial charge in [-0.3, -0.25) is 4.98 Å². The number of thiophene rings is 1. The lowest BCUT2D eigenvalue weighted by molar-refractivity contribution is 0.409. The van der Waals surface area contributed by atoms with Crippen LogP contribution in [0.4, 0.5) is 0 Å². The highest BCUT2D eigenvalue weighted by atomic mass is 79.9. The largest absolute Gasteiger partial charge is 0.264 e. The molecule has 0 aliphatic rings. The molecule has 0 bridgehead atoms. The summed E-state index contributed by atoms with van der Waals surface area (Å²) in [6.07, 6.45) is 4.07. The van der Waals surface area contributed by atoms with Crippen molar-refractivity contribution in [3.63, 3.8) is 0 Å². The van der Waals surface area contributed by atoms with E-state index in [0.717, 1.165) is 5.56 Å². The van der Waals surface area contributed by atoms with Crippen LogP contribution in [0.25, 0.3) is 0 Å². The van der Waals surface area contributed by atoms with Crippen LogP contribution in [-0.4, -0.2) is 24.3 Å². The van der Waals surface area contributed by atoms with Gasteiger partial charge in [0.2, 0.25) is 10.0 Å². The quantitative estimate of drug-likeness (QED) is 0.553. The number of hydrogen-bond donors (Lipinski definition) is 0. The first kappa shape index (κ1) is 18.3. The van der Waals surface area contributed by atoms with Crippen LogP contribution in [0.3, 0.4) is 0 Å². The summed E-state index contributed by atoms with van der Waals surface area (Å²) in [5, 5.41) is 2.00. The maximum absolute atomic E-state index is 13.2. The Bertz CT molecular complexity index is 913. The van der Waals surface area contributed by atoms with Crippen molar-refractivity contribution >= 4 is 37.3 Å². The predicted molar refractivity (Wildman–Crippen MR) is 104 cm³/mol. The standard InChI is InChI=1S/C18H17BrN2O2S2/c19-17-7-1-2-8-18(17)25(22,23)21(11-9-16-6-4-12-24-16)14-15-5-3-10-20-13-15/h1-8,10,12-13H,9,11,14H2. The van der Waals surface area contributed by atoms with E-state index in [9.17, 15) is 8.42 Å². The molecule has 0 amide bonds. The van der Waals surface area contributed by atoms with Gasteiger partial charge in [0.15, 0.2) is 0 Å². The smallest absolute Gasteiger partial charge is 0.244 e. The minimum Gasteiger partial charge on any atom is -0.264 e. The van der Waals surface area contributed by atoms with Crippen LogP contribution in [0, 0.1) is 0 Å². The van der Waals surface area contributed by atoms with Gasteiger partial charge in [-0.15, -0.1) is 11.3 Å². The van der Waals surface area contributed by atoms with E-state index in [1.807, 2.05) is 29.6 Å². The van der Waals surface area contributed by atoms with Crippen LogP contribution in [-0.2, 0) is 23.0 Å². The number of nitrogens with zero attached hydrogens (tertiary/aromatic N) is 2. The van der Waals surface area contributed by atoms with E-state index in [0.29, 0.717) is 24.0 Å². The highest BCUT2D eigenvalue weighted by molar-refractivity contribution is 9.10. The van der Waals surface area contributed by atoms with Gasteiger partial charge >= 0.3 is 0 Å². The Balaban J connectivity index is 1.90. The fourth-order valence-electron chi connectivity index (χ4n) is 2.46. The van der Waals surface area contributed by atoms with Gasteiger partial charge in [-0.2, -0.15) is 4.31 Å². The summed E-state index contributed by atoms with van der Waals surface area (Å²) in [5.41, 5.74) is 0.865. The molecule has 0 saturated heterocycles. The number of halogens is 1. The highest BCUT2D eigenvalue weighted by Gasteiger charge is 2.26. The molecule has 2 heterocycles. The Labute approximate surface area is 160 Å². The van der Waals surface area contributed by atoms with Crippen LogP contribution in [0.2, 0.25) is 0 Å². The van der Waals surface area contributed by atoms with Crippen LogP contribution in [0.5, 0.6) is 0 Å². The molecule has 0 saturated carbocycles. The van der Waals surface area contributed by atoms with E-state index >= 15 is 0 Å². The Morgan fingerprint density at radius 2 is 1.92 bits per heavy atom. The number of hydrogen-bond acceptors (Lipinski definition) is 4. The number of benzene rings is 1. The predicted octanol–water partition coefficient (Wildman–Crippen LogP) is 4.34. The first-order chi connectivity index (χ1) is 12.1. The van der Waals surface area contributed by atoms with Crippen LogP contribution >= 0.6 is 27.3 Å². The van der Waals surface area contributed by atoms with Gasteiger partial charge < -0.3 is 0 Å². The molecule has 130 valence electrons. The Morgan fingerprint density at radius 3 is 2.60 bits per heavy atom. The molecule has 2 aromatic heterocycles. The Morgan fingerprint density at radius 1 is 1.08 bits per heavy atom. The van der Waals surface area contributed by atoms with Crippen molar-refractivity contribution in [3.8, 4) is 0 Å². The second kappa shape index (κ2) is 8.23. The average Bonchev–Trinajstić information content (AvgIpc) is 3.13. The van der Waals surface area contributed by atoms with E-state index in [1.54, 1.807) is 48.0 Å². The van der Waals surface area contributed by atoms with Gasteiger partial charge in [0, 0.05) is 34.8 Å². The fourth-order valence-corrected chi connectivity index (χ4v) is 5.55. The molecule has 0 aliphatic heterocycles. The summed E-state index contributed by atoms with van der Waals surface area (Å²) in [6.45, 7) is 0.710. The lowest BCUT2D eigenvalue weighted by Gasteiger charge is -2.22. The summed E-state index contributed by atoms with van der Waals surface area (Å²) >= 11 is 5.00. The third kappa shape index (κ3) is 4.55. The summed E-state index contributed by atoms with van der Waals surface area (Å²) in [5.74, 6) is 0. The lowest BCUT2D eigenvalue weighted by atomic mass is 10.3. The number of sulfonamides is 1. The molecular weight excluding hydrogens is 420 g/mol. The molecule has 0 radical (unpaired) electrons. The van der Waals surface area contributed by atoms with E-state index in [-0.39, 0.29) is 4.90 Å². The summed E-state index contributed by atoms with van der Waals surface area (Å²) in [6, 6.07) is 14.6. The monoisotopic (exact) mass is 436 g/mol. The minimum atomic E-state index is -3.62. The zero-order valence-electron chi connectivity index (χ0n) is 13.4. The topological polar surface area (TPSA) is 50.3 Å². The fraction of sp³-hybridized carbons (Fsp3) is 0.167. The molecule has 0 unspecified atom stereocenters. The van der Waals surface area contributed by atoms with Crippen molar-refractivity contribution in [2.45, 2.75) is 17.9 Å². The molecule has 0 aliphatic carbocycles. The molecular formula is C18H17BrN2O2S2. The van der Waals surface area contributed by atoms with Crippen LogP contribution < -0.4 is 0 Å². The third-order valence-electron chi connectivity index (χ3n) is 3.72. The van der Waals surface area contributed by atoms with Crippen molar-refractivity contribution in [2.75, 3.05) is 6.54 Å². The molecule has 0 spiro atoms. The molecule has 25 heavy (non-hydrogen) atoms.